The minimum Gasteiger partial charge on any atom is -0.494 e. The largest absolute Gasteiger partial charge is 0.494 e. The number of benzene rings is 1. The monoisotopic (exact) mass is 264 g/mol. The third-order valence-corrected chi connectivity index (χ3v) is 2.84. The van der Waals surface area contributed by atoms with Crippen molar-refractivity contribution in [1.82, 2.24) is 10.6 Å². The summed E-state index contributed by atoms with van der Waals surface area (Å²) in [5.41, 5.74) is 1.11. The van der Waals surface area contributed by atoms with Gasteiger partial charge in [-0.3, -0.25) is 4.79 Å². The molecule has 0 aliphatic heterocycles. The summed E-state index contributed by atoms with van der Waals surface area (Å²) in [5, 5.41) is 6.05. The summed E-state index contributed by atoms with van der Waals surface area (Å²) in [6.07, 6.45) is 0.947. The second-order valence-electron chi connectivity index (χ2n) is 4.56. The molecule has 0 saturated carbocycles. The van der Waals surface area contributed by atoms with Crippen LogP contribution in [-0.4, -0.2) is 25.1 Å². The van der Waals surface area contributed by atoms with Gasteiger partial charge in [0.2, 0.25) is 5.91 Å². The van der Waals surface area contributed by atoms with E-state index >= 15 is 0 Å². The summed E-state index contributed by atoms with van der Waals surface area (Å²) in [7, 11) is 0. The van der Waals surface area contributed by atoms with Crippen LogP contribution in [0.4, 0.5) is 0 Å². The van der Waals surface area contributed by atoms with Gasteiger partial charge in [-0.2, -0.15) is 0 Å². The molecule has 0 aromatic heterocycles. The molecule has 4 heteroatoms. The van der Waals surface area contributed by atoms with E-state index in [9.17, 15) is 4.79 Å². The molecule has 2 N–H and O–H groups in total. The van der Waals surface area contributed by atoms with Crippen molar-refractivity contribution in [2.24, 2.45) is 0 Å². The van der Waals surface area contributed by atoms with Crippen LogP contribution in [0.15, 0.2) is 24.3 Å². The number of hydrogen-bond donors (Lipinski definition) is 2. The van der Waals surface area contributed by atoms with Crippen LogP contribution < -0.4 is 15.4 Å². The van der Waals surface area contributed by atoms with E-state index in [1.807, 2.05) is 38.1 Å². The molecule has 1 rings (SSSR count). The number of amides is 1. The summed E-state index contributed by atoms with van der Waals surface area (Å²) in [5.74, 6) is 0.904. The molecule has 0 radical (unpaired) electrons. The van der Waals surface area contributed by atoms with Crippen molar-refractivity contribution in [3.05, 3.63) is 29.8 Å². The SMILES string of the molecule is CCOc1cccc(CNCC(=O)NC(C)CC)c1. The van der Waals surface area contributed by atoms with Crippen molar-refractivity contribution in [1.29, 1.82) is 0 Å². The van der Waals surface area contributed by atoms with Crippen molar-refractivity contribution in [3.63, 3.8) is 0 Å². The Balaban J connectivity index is 2.32. The quantitative estimate of drug-likeness (QED) is 0.756. The van der Waals surface area contributed by atoms with Gasteiger partial charge in [-0.15, -0.1) is 0 Å². The second-order valence-corrected chi connectivity index (χ2v) is 4.56. The highest BCUT2D eigenvalue weighted by molar-refractivity contribution is 5.78. The predicted octanol–water partition coefficient (Wildman–Crippen LogP) is 2.09. The molecule has 1 amide bonds. The molecule has 0 bridgehead atoms. The molecule has 106 valence electrons. The number of nitrogens with one attached hydrogen (secondary N) is 2. The summed E-state index contributed by atoms with van der Waals surface area (Å²) >= 11 is 0. The minimum absolute atomic E-state index is 0.0373. The van der Waals surface area contributed by atoms with Crippen LogP contribution in [0.1, 0.15) is 32.8 Å². The Morgan fingerprint density at radius 1 is 1.37 bits per heavy atom. The van der Waals surface area contributed by atoms with Gasteiger partial charge < -0.3 is 15.4 Å². The maximum absolute atomic E-state index is 11.6. The fraction of sp³-hybridized carbons (Fsp3) is 0.533. The number of carbonyl (C=O) groups is 1. The van der Waals surface area contributed by atoms with E-state index in [1.54, 1.807) is 0 Å². The number of ether oxygens (including phenoxy) is 1. The molecule has 1 unspecified atom stereocenters. The summed E-state index contributed by atoms with van der Waals surface area (Å²) in [6.45, 7) is 7.68. The molecule has 1 aromatic carbocycles. The lowest BCUT2D eigenvalue weighted by Crippen LogP contribution is -2.38. The number of carbonyl (C=O) groups excluding carboxylic acids is 1. The molecular formula is C15H24N2O2. The molecule has 1 aromatic rings. The zero-order valence-electron chi connectivity index (χ0n) is 12.0. The van der Waals surface area contributed by atoms with Gasteiger partial charge in [0, 0.05) is 12.6 Å². The summed E-state index contributed by atoms with van der Waals surface area (Å²) in [6, 6.07) is 8.13. The first kappa shape index (κ1) is 15.5. The first-order chi connectivity index (χ1) is 9.15. The highest BCUT2D eigenvalue weighted by Gasteiger charge is 2.04. The molecule has 0 fully saturated rings. The van der Waals surface area contributed by atoms with E-state index in [2.05, 4.69) is 17.6 Å². The van der Waals surface area contributed by atoms with Crippen LogP contribution in [0, 0.1) is 0 Å². The summed E-state index contributed by atoms with van der Waals surface area (Å²) in [4.78, 5) is 11.6. The molecule has 0 aliphatic carbocycles. The Hall–Kier alpha value is -1.55. The molecule has 4 nitrogen and oxygen atoms in total. The van der Waals surface area contributed by atoms with Crippen LogP contribution >= 0.6 is 0 Å². The Bertz CT molecular complexity index is 393. The van der Waals surface area contributed by atoms with E-state index < -0.39 is 0 Å². The molecule has 1 atom stereocenters. The van der Waals surface area contributed by atoms with Crippen LogP contribution in [0.3, 0.4) is 0 Å². The van der Waals surface area contributed by atoms with Crippen LogP contribution in [0.25, 0.3) is 0 Å². The molecule has 0 spiro atoms. The van der Waals surface area contributed by atoms with Crippen molar-refractivity contribution in [3.8, 4) is 5.75 Å². The van der Waals surface area contributed by atoms with Gasteiger partial charge in [0.05, 0.1) is 13.2 Å². The highest BCUT2D eigenvalue weighted by atomic mass is 16.5. The lowest BCUT2D eigenvalue weighted by molar-refractivity contribution is -0.120. The average Bonchev–Trinajstić information content (AvgIpc) is 2.39. The lowest BCUT2D eigenvalue weighted by Gasteiger charge is -2.12. The van der Waals surface area contributed by atoms with Crippen molar-refractivity contribution in [2.75, 3.05) is 13.2 Å². The van der Waals surface area contributed by atoms with E-state index in [0.29, 0.717) is 19.7 Å². The van der Waals surface area contributed by atoms with Gasteiger partial charge in [-0.1, -0.05) is 19.1 Å². The van der Waals surface area contributed by atoms with Crippen LogP contribution in [0.5, 0.6) is 5.75 Å². The first-order valence-corrected chi connectivity index (χ1v) is 6.87. The lowest BCUT2D eigenvalue weighted by atomic mass is 10.2. The van der Waals surface area contributed by atoms with Crippen molar-refractivity contribution < 1.29 is 9.53 Å². The van der Waals surface area contributed by atoms with Gasteiger partial charge in [0.15, 0.2) is 0 Å². The van der Waals surface area contributed by atoms with E-state index in [1.165, 1.54) is 0 Å². The fourth-order valence-electron chi connectivity index (χ4n) is 1.66. The van der Waals surface area contributed by atoms with Crippen LogP contribution in [-0.2, 0) is 11.3 Å². The molecule has 0 heterocycles. The highest BCUT2D eigenvalue weighted by Crippen LogP contribution is 2.12. The molecule has 0 saturated heterocycles. The van der Waals surface area contributed by atoms with E-state index in [0.717, 1.165) is 17.7 Å². The molecule has 19 heavy (non-hydrogen) atoms. The molecule has 0 aliphatic rings. The van der Waals surface area contributed by atoms with Gasteiger partial charge in [0.25, 0.3) is 0 Å². The standard InChI is InChI=1S/C15H24N2O2/c1-4-12(3)17-15(18)11-16-10-13-7-6-8-14(9-13)19-5-2/h6-9,12,16H,4-5,10-11H2,1-3H3,(H,17,18). The van der Waals surface area contributed by atoms with Gasteiger partial charge in [-0.25, -0.2) is 0 Å². The zero-order chi connectivity index (χ0) is 14.1. The van der Waals surface area contributed by atoms with Gasteiger partial charge >= 0.3 is 0 Å². The molecular weight excluding hydrogens is 240 g/mol. The topological polar surface area (TPSA) is 50.4 Å². The second kappa shape index (κ2) is 8.53. The predicted molar refractivity (Wildman–Crippen MR) is 77.2 cm³/mol. The van der Waals surface area contributed by atoms with E-state index in [-0.39, 0.29) is 11.9 Å². The number of hydrogen-bond acceptors (Lipinski definition) is 3. The third kappa shape index (κ3) is 6.25. The first-order valence-electron chi connectivity index (χ1n) is 6.87. The number of rotatable bonds is 8. The smallest absolute Gasteiger partial charge is 0.234 e. The van der Waals surface area contributed by atoms with Crippen molar-refractivity contribution in [2.45, 2.75) is 39.8 Å². The Labute approximate surface area is 115 Å². The fourth-order valence-corrected chi connectivity index (χ4v) is 1.66. The minimum atomic E-state index is 0.0373. The maximum atomic E-state index is 11.6. The van der Waals surface area contributed by atoms with Crippen LogP contribution in [0.2, 0.25) is 0 Å². The Kier molecular flexibility index (Phi) is 6.97. The Morgan fingerprint density at radius 2 is 2.16 bits per heavy atom. The summed E-state index contributed by atoms with van der Waals surface area (Å²) < 4.78 is 5.43. The zero-order valence-corrected chi connectivity index (χ0v) is 12.0. The maximum Gasteiger partial charge on any atom is 0.234 e. The van der Waals surface area contributed by atoms with Gasteiger partial charge in [0.1, 0.15) is 5.75 Å². The Morgan fingerprint density at radius 3 is 2.84 bits per heavy atom. The van der Waals surface area contributed by atoms with Gasteiger partial charge in [-0.05, 0) is 38.0 Å². The normalized spacial score (nSPS) is 11.9. The third-order valence-electron chi connectivity index (χ3n) is 2.84. The van der Waals surface area contributed by atoms with Crippen molar-refractivity contribution >= 4 is 5.91 Å². The van der Waals surface area contributed by atoms with E-state index in [4.69, 9.17) is 4.74 Å². The average molecular weight is 264 g/mol.